The highest BCUT2D eigenvalue weighted by molar-refractivity contribution is 6.62. The van der Waals surface area contributed by atoms with Gasteiger partial charge in [0.1, 0.15) is 0 Å². The molecule has 0 amide bonds. The molecule has 2 fully saturated rings. The second-order valence-corrected chi connectivity index (χ2v) is 7.22. The van der Waals surface area contributed by atoms with Crippen LogP contribution in [0.25, 0.3) is 0 Å². The number of hydrogen-bond acceptors (Lipinski definition) is 4. The summed E-state index contributed by atoms with van der Waals surface area (Å²) >= 11 is 0. The molecule has 1 aromatic rings. The SMILES string of the molecule is CC1(C)OB(c2cnn(C3(CC#N)CCC3)c2)OC1(C)C. The lowest BCUT2D eigenvalue weighted by molar-refractivity contribution is 0.00578. The standard InChI is InChI=1S/C15H22BN3O2/c1-13(2)14(3,4)21-16(20-13)12-10-18-19(11-12)15(8-9-17)6-5-7-15/h10-11H,5-8H2,1-4H3. The Morgan fingerprint density at radius 1 is 1.29 bits per heavy atom. The molecule has 1 aromatic heterocycles. The molecule has 3 rings (SSSR count). The molecule has 6 heteroatoms. The third kappa shape index (κ3) is 2.19. The van der Waals surface area contributed by atoms with Gasteiger partial charge in [0.15, 0.2) is 0 Å². The van der Waals surface area contributed by atoms with Gasteiger partial charge in [-0.2, -0.15) is 10.4 Å². The van der Waals surface area contributed by atoms with E-state index in [2.05, 4.69) is 11.2 Å². The molecule has 0 atom stereocenters. The Morgan fingerprint density at radius 2 is 1.90 bits per heavy atom. The molecule has 0 unspecified atom stereocenters. The van der Waals surface area contributed by atoms with Crippen LogP contribution in [-0.2, 0) is 14.8 Å². The molecule has 112 valence electrons. The van der Waals surface area contributed by atoms with Crippen molar-refractivity contribution in [2.24, 2.45) is 0 Å². The van der Waals surface area contributed by atoms with E-state index in [0.717, 1.165) is 24.7 Å². The van der Waals surface area contributed by atoms with E-state index < -0.39 is 0 Å². The van der Waals surface area contributed by atoms with Crippen LogP contribution in [0.15, 0.2) is 12.4 Å². The van der Waals surface area contributed by atoms with Crippen molar-refractivity contribution in [3.05, 3.63) is 12.4 Å². The monoisotopic (exact) mass is 287 g/mol. The largest absolute Gasteiger partial charge is 0.498 e. The molecule has 2 heterocycles. The van der Waals surface area contributed by atoms with Crippen molar-refractivity contribution in [3.63, 3.8) is 0 Å². The molecule has 0 spiro atoms. The van der Waals surface area contributed by atoms with Crippen LogP contribution < -0.4 is 5.46 Å². The van der Waals surface area contributed by atoms with E-state index in [1.807, 2.05) is 38.6 Å². The Labute approximate surface area is 126 Å². The fourth-order valence-corrected chi connectivity index (χ4v) is 2.92. The molecule has 0 radical (unpaired) electrons. The van der Waals surface area contributed by atoms with Gasteiger partial charge in [-0.25, -0.2) is 0 Å². The lowest BCUT2D eigenvalue weighted by Crippen LogP contribution is -2.41. The molecule has 0 N–H and O–H groups in total. The van der Waals surface area contributed by atoms with Crippen LogP contribution in [0.2, 0.25) is 0 Å². The second kappa shape index (κ2) is 4.59. The predicted molar refractivity (Wildman–Crippen MR) is 80.0 cm³/mol. The lowest BCUT2D eigenvalue weighted by Gasteiger charge is -2.40. The van der Waals surface area contributed by atoms with Crippen LogP contribution in [0.5, 0.6) is 0 Å². The predicted octanol–water partition coefficient (Wildman–Crippen LogP) is 1.98. The van der Waals surface area contributed by atoms with Crippen LogP contribution >= 0.6 is 0 Å². The van der Waals surface area contributed by atoms with Crippen molar-refractivity contribution in [3.8, 4) is 6.07 Å². The maximum atomic E-state index is 9.04. The minimum absolute atomic E-state index is 0.114. The van der Waals surface area contributed by atoms with E-state index in [4.69, 9.17) is 14.6 Å². The number of nitriles is 1. The van der Waals surface area contributed by atoms with E-state index >= 15 is 0 Å². The summed E-state index contributed by atoms with van der Waals surface area (Å²) in [6, 6.07) is 2.29. The number of hydrogen-bond donors (Lipinski definition) is 0. The zero-order valence-electron chi connectivity index (χ0n) is 13.2. The van der Waals surface area contributed by atoms with Gasteiger partial charge in [0.25, 0.3) is 0 Å². The highest BCUT2D eigenvalue weighted by Gasteiger charge is 2.52. The first-order chi connectivity index (χ1) is 9.80. The van der Waals surface area contributed by atoms with Crippen LogP contribution in [0.4, 0.5) is 0 Å². The zero-order chi connectivity index (χ0) is 15.3. The summed E-state index contributed by atoms with van der Waals surface area (Å²) in [7, 11) is -0.386. The third-order valence-corrected chi connectivity index (χ3v) is 5.31. The number of rotatable bonds is 3. The van der Waals surface area contributed by atoms with E-state index in [9.17, 15) is 0 Å². The molecule has 1 aliphatic heterocycles. The summed E-state index contributed by atoms with van der Waals surface area (Å²) < 4.78 is 14.0. The second-order valence-electron chi connectivity index (χ2n) is 7.22. The fraction of sp³-hybridized carbons (Fsp3) is 0.733. The topological polar surface area (TPSA) is 60.1 Å². The minimum Gasteiger partial charge on any atom is -0.399 e. The maximum absolute atomic E-state index is 9.04. The van der Waals surface area contributed by atoms with E-state index in [1.54, 1.807) is 6.20 Å². The van der Waals surface area contributed by atoms with Crippen molar-refractivity contribution >= 4 is 12.6 Å². The van der Waals surface area contributed by atoms with Gasteiger partial charge in [0.05, 0.1) is 29.2 Å². The number of aromatic nitrogens is 2. The zero-order valence-corrected chi connectivity index (χ0v) is 13.2. The fourth-order valence-electron chi connectivity index (χ4n) is 2.92. The lowest BCUT2D eigenvalue weighted by atomic mass is 9.74. The highest BCUT2D eigenvalue weighted by atomic mass is 16.7. The molecule has 0 aromatic carbocycles. The van der Waals surface area contributed by atoms with Gasteiger partial charge in [-0.05, 0) is 47.0 Å². The van der Waals surface area contributed by atoms with Gasteiger partial charge in [0.2, 0.25) is 0 Å². The first-order valence-corrected chi connectivity index (χ1v) is 7.57. The van der Waals surface area contributed by atoms with Gasteiger partial charge < -0.3 is 9.31 Å². The molecule has 1 saturated heterocycles. The third-order valence-electron chi connectivity index (χ3n) is 5.31. The van der Waals surface area contributed by atoms with Gasteiger partial charge in [0, 0.05) is 17.9 Å². The van der Waals surface area contributed by atoms with Crippen molar-refractivity contribution in [1.82, 2.24) is 9.78 Å². The Bertz CT molecular complexity index is 568. The summed E-state index contributed by atoms with van der Waals surface area (Å²) in [4.78, 5) is 0. The highest BCUT2D eigenvalue weighted by Crippen LogP contribution is 2.41. The summed E-state index contributed by atoms with van der Waals surface area (Å²) in [6.07, 6.45) is 7.50. The van der Waals surface area contributed by atoms with E-state index in [-0.39, 0.29) is 23.9 Å². The van der Waals surface area contributed by atoms with Gasteiger partial charge >= 0.3 is 7.12 Å². The van der Waals surface area contributed by atoms with Crippen LogP contribution in [0.1, 0.15) is 53.4 Å². The molecular weight excluding hydrogens is 265 g/mol. The van der Waals surface area contributed by atoms with E-state index in [0.29, 0.717) is 6.42 Å². The van der Waals surface area contributed by atoms with Gasteiger partial charge in [-0.1, -0.05) is 0 Å². The first kappa shape index (κ1) is 14.6. The number of nitrogens with zero attached hydrogens (tertiary/aromatic N) is 3. The molecule has 0 bridgehead atoms. The average Bonchev–Trinajstić information content (AvgIpc) is 2.88. The summed E-state index contributed by atoms with van der Waals surface area (Å²) in [5.41, 5.74) is 0.121. The molecule has 21 heavy (non-hydrogen) atoms. The Morgan fingerprint density at radius 3 is 2.38 bits per heavy atom. The Kier molecular flexibility index (Phi) is 3.19. The Hall–Kier alpha value is -1.32. The van der Waals surface area contributed by atoms with Crippen molar-refractivity contribution in [2.45, 2.75) is 70.1 Å². The minimum atomic E-state index is -0.386. The molecule has 5 nitrogen and oxygen atoms in total. The van der Waals surface area contributed by atoms with Crippen molar-refractivity contribution < 1.29 is 9.31 Å². The first-order valence-electron chi connectivity index (χ1n) is 7.57. The quantitative estimate of drug-likeness (QED) is 0.797. The van der Waals surface area contributed by atoms with Crippen LogP contribution in [0, 0.1) is 11.3 Å². The average molecular weight is 287 g/mol. The summed E-state index contributed by atoms with van der Waals surface area (Å²) in [5, 5.41) is 13.5. The van der Waals surface area contributed by atoms with Crippen LogP contribution in [-0.4, -0.2) is 28.1 Å². The normalized spacial score (nSPS) is 25.4. The molecule has 2 aliphatic rings. The Balaban J connectivity index is 1.82. The molecule has 1 saturated carbocycles. The van der Waals surface area contributed by atoms with Gasteiger partial charge in [-0.15, -0.1) is 0 Å². The smallest absolute Gasteiger partial charge is 0.399 e. The molecule has 1 aliphatic carbocycles. The molecular formula is C15H22BN3O2. The van der Waals surface area contributed by atoms with Crippen LogP contribution in [0.3, 0.4) is 0 Å². The summed E-state index contributed by atoms with van der Waals surface area (Å²) in [5.74, 6) is 0. The van der Waals surface area contributed by atoms with Crippen molar-refractivity contribution in [2.75, 3.05) is 0 Å². The van der Waals surface area contributed by atoms with E-state index in [1.165, 1.54) is 0 Å². The van der Waals surface area contributed by atoms with Crippen molar-refractivity contribution in [1.29, 1.82) is 5.26 Å². The van der Waals surface area contributed by atoms with Gasteiger partial charge in [-0.3, -0.25) is 4.68 Å². The maximum Gasteiger partial charge on any atom is 0.498 e. The summed E-state index contributed by atoms with van der Waals surface area (Å²) in [6.45, 7) is 8.17.